The van der Waals surface area contributed by atoms with E-state index in [0.717, 1.165) is 17.7 Å². The fourth-order valence-corrected chi connectivity index (χ4v) is 2.02. The van der Waals surface area contributed by atoms with Crippen LogP contribution in [0.1, 0.15) is 29.8 Å². The highest BCUT2D eigenvalue weighted by Crippen LogP contribution is 2.22. The van der Waals surface area contributed by atoms with Crippen molar-refractivity contribution in [3.05, 3.63) is 59.7 Å². The summed E-state index contributed by atoms with van der Waals surface area (Å²) in [6, 6.07) is 8.25. The quantitative estimate of drug-likeness (QED) is 0.871. The van der Waals surface area contributed by atoms with E-state index >= 15 is 0 Å². The third-order valence-corrected chi connectivity index (χ3v) is 2.89. The van der Waals surface area contributed by atoms with Crippen LogP contribution in [0, 0.1) is 0 Å². The summed E-state index contributed by atoms with van der Waals surface area (Å²) in [7, 11) is 1.95. The van der Waals surface area contributed by atoms with E-state index in [-0.39, 0.29) is 6.04 Å². The maximum absolute atomic E-state index is 4.51. The van der Waals surface area contributed by atoms with Crippen LogP contribution in [-0.4, -0.2) is 17.0 Å². The van der Waals surface area contributed by atoms with Gasteiger partial charge in [0.25, 0.3) is 0 Å². The van der Waals surface area contributed by atoms with Crippen molar-refractivity contribution in [2.24, 2.45) is 0 Å². The summed E-state index contributed by atoms with van der Waals surface area (Å²) in [5.41, 5.74) is 3.50. The zero-order valence-corrected chi connectivity index (χ0v) is 10.2. The Kier molecular flexibility index (Phi) is 3.83. The highest BCUT2D eigenvalue weighted by Gasteiger charge is 2.15. The molecule has 0 radical (unpaired) electrons. The monoisotopic (exact) mass is 227 g/mol. The van der Waals surface area contributed by atoms with Gasteiger partial charge in [0.15, 0.2) is 0 Å². The van der Waals surface area contributed by atoms with Crippen LogP contribution in [0.2, 0.25) is 0 Å². The SMILES string of the molecule is CCc1cccnc1C(NC)c1cccnc1. The van der Waals surface area contributed by atoms with Gasteiger partial charge in [-0.05, 0) is 36.7 Å². The predicted octanol–water partition coefficient (Wildman–Crippen LogP) is 2.35. The molecule has 0 bridgehead atoms. The smallest absolute Gasteiger partial charge is 0.0766 e. The van der Waals surface area contributed by atoms with E-state index in [4.69, 9.17) is 0 Å². The molecule has 2 aromatic rings. The largest absolute Gasteiger partial charge is 0.308 e. The molecule has 0 aliphatic rings. The Hall–Kier alpha value is -1.74. The number of pyridine rings is 2. The molecule has 0 aromatic carbocycles. The van der Waals surface area contributed by atoms with Crippen molar-refractivity contribution < 1.29 is 0 Å². The number of hydrogen-bond donors (Lipinski definition) is 1. The van der Waals surface area contributed by atoms with Gasteiger partial charge in [-0.25, -0.2) is 0 Å². The van der Waals surface area contributed by atoms with Gasteiger partial charge in [-0.2, -0.15) is 0 Å². The van der Waals surface area contributed by atoms with E-state index in [1.165, 1.54) is 5.56 Å². The molecule has 0 aliphatic heterocycles. The normalized spacial score (nSPS) is 12.4. The molecule has 0 fully saturated rings. The first kappa shape index (κ1) is 11.7. The van der Waals surface area contributed by atoms with Gasteiger partial charge in [-0.3, -0.25) is 9.97 Å². The first-order chi connectivity index (χ1) is 8.36. The standard InChI is InChI=1S/C14H17N3/c1-3-11-6-5-9-17-14(11)13(15-2)12-7-4-8-16-10-12/h4-10,13,15H,3H2,1-2H3. The summed E-state index contributed by atoms with van der Waals surface area (Å²) in [5, 5.41) is 3.31. The maximum Gasteiger partial charge on any atom is 0.0766 e. The lowest BCUT2D eigenvalue weighted by atomic mass is 10.00. The molecule has 88 valence electrons. The third kappa shape index (κ3) is 2.50. The molecule has 17 heavy (non-hydrogen) atoms. The summed E-state index contributed by atoms with van der Waals surface area (Å²) in [5.74, 6) is 0. The van der Waals surface area contributed by atoms with Crippen LogP contribution in [0.3, 0.4) is 0 Å². The number of aryl methyl sites for hydroxylation is 1. The predicted molar refractivity (Wildman–Crippen MR) is 68.8 cm³/mol. The minimum atomic E-state index is 0.111. The third-order valence-electron chi connectivity index (χ3n) is 2.89. The van der Waals surface area contributed by atoms with Crippen LogP contribution < -0.4 is 5.32 Å². The van der Waals surface area contributed by atoms with E-state index in [1.54, 1.807) is 6.20 Å². The number of nitrogens with one attached hydrogen (secondary N) is 1. The van der Waals surface area contributed by atoms with Gasteiger partial charge in [0.05, 0.1) is 11.7 Å². The molecule has 1 unspecified atom stereocenters. The highest BCUT2D eigenvalue weighted by molar-refractivity contribution is 5.31. The van der Waals surface area contributed by atoms with E-state index < -0.39 is 0 Å². The van der Waals surface area contributed by atoms with Gasteiger partial charge >= 0.3 is 0 Å². The molecule has 0 spiro atoms. The summed E-state index contributed by atoms with van der Waals surface area (Å²) >= 11 is 0. The zero-order chi connectivity index (χ0) is 12.1. The van der Waals surface area contributed by atoms with Crippen molar-refractivity contribution in [3.63, 3.8) is 0 Å². The van der Waals surface area contributed by atoms with Crippen LogP contribution in [0.25, 0.3) is 0 Å². The molecule has 0 aliphatic carbocycles. The van der Waals surface area contributed by atoms with E-state index in [9.17, 15) is 0 Å². The van der Waals surface area contributed by atoms with Gasteiger partial charge in [-0.15, -0.1) is 0 Å². The summed E-state index contributed by atoms with van der Waals surface area (Å²) < 4.78 is 0. The average molecular weight is 227 g/mol. The van der Waals surface area contributed by atoms with Crippen LogP contribution >= 0.6 is 0 Å². The Labute approximate surface area is 102 Å². The second-order valence-electron chi connectivity index (χ2n) is 3.91. The fraction of sp³-hybridized carbons (Fsp3) is 0.286. The molecule has 0 amide bonds. The molecule has 2 aromatic heterocycles. The van der Waals surface area contributed by atoms with Crippen LogP contribution in [0.4, 0.5) is 0 Å². The minimum absolute atomic E-state index is 0.111. The van der Waals surface area contributed by atoms with E-state index in [2.05, 4.69) is 34.3 Å². The minimum Gasteiger partial charge on any atom is -0.308 e. The van der Waals surface area contributed by atoms with Gasteiger partial charge in [0.2, 0.25) is 0 Å². The number of hydrogen-bond acceptors (Lipinski definition) is 3. The van der Waals surface area contributed by atoms with Crippen LogP contribution in [-0.2, 0) is 6.42 Å². The lowest BCUT2D eigenvalue weighted by Crippen LogP contribution is -2.20. The van der Waals surface area contributed by atoms with Gasteiger partial charge in [0.1, 0.15) is 0 Å². The maximum atomic E-state index is 4.51. The van der Waals surface area contributed by atoms with Crippen molar-refractivity contribution in [1.82, 2.24) is 15.3 Å². The summed E-state index contributed by atoms with van der Waals surface area (Å²) in [6.07, 6.45) is 6.50. The number of rotatable bonds is 4. The number of aromatic nitrogens is 2. The summed E-state index contributed by atoms with van der Waals surface area (Å²) in [4.78, 5) is 8.67. The molecular formula is C14H17N3. The molecular weight excluding hydrogens is 210 g/mol. The van der Waals surface area contributed by atoms with Gasteiger partial charge < -0.3 is 5.32 Å². The second-order valence-corrected chi connectivity index (χ2v) is 3.91. The fourth-order valence-electron chi connectivity index (χ4n) is 2.02. The average Bonchev–Trinajstić information content (AvgIpc) is 2.41. The Morgan fingerprint density at radius 3 is 2.71 bits per heavy atom. The lowest BCUT2D eigenvalue weighted by molar-refractivity contribution is 0.659. The summed E-state index contributed by atoms with van der Waals surface area (Å²) in [6.45, 7) is 2.15. The van der Waals surface area contributed by atoms with Crippen LogP contribution in [0.15, 0.2) is 42.9 Å². The Bertz CT molecular complexity index is 468. The first-order valence-corrected chi connectivity index (χ1v) is 5.87. The van der Waals surface area contributed by atoms with E-state index in [0.29, 0.717) is 0 Å². The van der Waals surface area contributed by atoms with Crippen molar-refractivity contribution in [2.75, 3.05) is 7.05 Å². The molecule has 1 atom stereocenters. The Balaban J connectivity index is 2.42. The first-order valence-electron chi connectivity index (χ1n) is 5.87. The highest BCUT2D eigenvalue weighted by atomic mass is 14.9. The van der Waals surface area contributed by atoms with Crippen molar-refractivity contribution in [1.29, 1.82) is 0 Å². The Morgan fingerprint density at radius 2 is 2.06 bits per heavy atom. The molecule has 2 heterocycles. The van der Waals surface area contributed by atoms with Crippen molar-refractivity contribution in [3.8, 4) is 0 Å². The zero-order valence-electron chi connectivity index (χ0n) is 10.2. The molecule has 1 N–H and O–H groups in total. The van der Waals surface area contributed by atoms with Crippen molar-refractivity contribution >= 4 is 0 Å². The Morgan fingerprint density at radius 1 is 1.24 bits per heavy atom. The molecule has 0 saturated carbocycles. The molecule has 3 heteroatoms. The topological polar surface area (TPSA) is 37.8 Å². The van der Waals surface area contributed by atoms with E-state index in [1.807, 2.05) is 31.6 Å². The molecule has 3 nitrogen and oxygen atoms in total. The van der Waals surface area contributed by atoms with Gasteiger partial charge in [0, 0.05) is 18.6 Å². The molecule has 0 saturated heterocycles. The second kappa shape index (κ2) is 5.55. The molecule has 2 rings (SSSR count). The lowest BCUT2D eigenvalue weighted by Gasteiger charge is -2.18. The number of nitrogens with zero attached hydrogens (tertiary/aromatic N) is 2. The van der Waals surface area contributed by atoms with Crippen molar-refractivity contribution in [2.45, 2.75) is 19.4 Å². The van der Waals surface area contributed by atoms with Crippen LogP contribution in [0.5, 0.6) is 0 Å². The van der Waals surface area contributed by atoms with Gasteiger partial charge in [-0.1, -0.05) is 19.1 Å².